The zero-order valence-corrected chi connectivity index (χ0v) is 14.3. The molecule has 0 bridgehead atoms. The van der Waals surface area contributed by atoms with Crippen molar-refractivity contribution >= 4 is 33.1 Å². The minimum Gasteiger partial charge on any atom is -0.310 e. The summed E-state index contributed by atoms with van der Waals surface area (Å²) < 4.78 is 26.9. The average molecular weight is 323 g/mol. The fraction of sp³-hybridized carbons (Fsp3) is 0.667. The first-order valence-corrected chi connectivity index (χ1v) is 9.87. The second kappa shape index (κ2) is 7.64. The standard InChI is InChI=1S/C12H22N2O2S3/c1-9(2)13-8-11-7-12(10(3)18-11)19(15,16)14-5-6-17-4/h7,9,13-14H,5-6,8H2,1-4H3. The Morgan fingerprint density at radius 2 is 2.11 bits per heavy atom. The van der Waals surface area contributed by atoms with Crippen LogP contribution in [0.5, 0.6) is 0 Å². The van der Waals surface area contributed by atoms with E-state index in [0.29, 0.717) is 24.0 Å². The van der Waals surface area contributed by atoms with Crippen LogP contribution in [0.25, 0.3) is 0 Å². The van der Waals surface area contributed by atoms with Gasteiger partial charge in [-0.25, -0.2) is 13.1 Å². The highest BCUT2D eigenvalue weighted by atomic mass is 32.2. The van der Waals surface area contributed by atoms with E-state index in [0.717, 1.165) is 15.5 Å². The third-order valence-corrected chi connectivity index (χ3v) is 5.87. The van der Waals surface area contributed by atoms with E-state index in [1.807, 2.05) is 13.2 Å². The molecule has 0 saturated carbocycles. The smallest absolute Gasteiger partial charge is 0.241 e. The SMILES string of the molecule is CSCCNS(=O)(=O)c1cc(CNC(C)C)sc1C. The summed E-state index contributed by atoms with van der Waals surface area (Å²) in [4.78, 5) is 2.31. The van der Waals surface area contributed by atoms with Gasteiger partial charge in [-0.3, -0.25) is 0 Å². The molecule has 0 fully saturated rings. The highest BCUT2D eigenvalue weighted by molar-refractivity contribution is 7.98. The van der Waals surface area contributed by atoms with Gasteiger partial charge in [0, 0.05) is 34.6 Å². The maximum atomic E-state index is 12.1. The topological polar surface area (TPSA) is 58.2 Å². The number of nitrogens with one attached hydrogen (secondary N) is 2. The molecule has 0 aliphatic rings. The summed E-state index contributed by atoms with van der Waals surface area (Å²) in [7, 11) is -3.36. The molecule has 0 aliphatic carbocycles. The monoisotopic (exact) mass is 322 g/mol. The molecule has 0 spiro atoms. The highest BCUT2D eigenvalue weighted by Crippen LogP contribution is 2.25. The van der Waals surface area contributed by atoms with E-state index in [4.69, 9.17) is 0 Å². The molecule has 0 atom stereocenters. The number of hydrogen-bond acceptors (Lipinski definition) is 5. The Hall–Kier alpha value is -0.0800. The Bertz CT molecular complexity index is 495. The number of thioether (sulfide) groups is 1. The molecule has 0 aromatic carbocycles. The van der Waals surface area contributed by atoms with Gasteiger partial charge < -0.3 is 5.32 Å². The third-order valence-electron chi connectivity index (χ3n) is 2.50. The summed E-state index contributed by atoms with van der Waals surface area (Å²) >= 11 is 3.16. The molecule has 4 nitrogen and oxygen atoms in total. The third kappa shape index (κ3) is 5.43. The van der Waals surface area contributed by atoms with Crippen molar-refractivity contribution in [3.63, 3.8) is 0 Å². The summed E-state index contributed by atoms with van der Waals surface area (Å²) in [5, 5.41) is 3.30. The molecule has 0 amide bonds. The Labute approximate surface area is 124 Å². The molecule has 7 heteroatoms. The van der Waals surface area contributed by atoms with Gasteiger partial charge in [-0.15, -0.1) is 11.3 Å². The Morgan fingerprint density at radius 1 is 1.42 bits per heavy atom. The molecule has 1 rings (SSSR count). The van der Waals surface area contributed by atoms with Gasteiger partial charge >= 0.3 is 0 Å². The van der Waals surface area contributed by atoms with Crippen LogP contribution in [0.15, 0.2) is 11.0 Å². The van der Waals surface area contributed by atoms with Crippen molar-refractivity contribution in [3.8, 4) is 0 Å². The summed E-state index contributed by atoms with van der Waals surface area (Å²) in [5.41, 5.74) is 0. The van der Waals surface area contributed by atoms with Crippen molar-refractivity contribution in [1.29, 1.82) is 0 Å². The van der Waals surface area contributed by atoms with Crippen LogP contribution in [0.1, 0.15) is 23.6 Å². The fourth-order valence-electron chi connectivity index (χ4n) is 1.54. The van der Waals surface area contributed by atoms with E-state index >= 15 is 0 Å². The van der Waals surface area contributed by atoms with Gasteiger partial charge in [0.2, 0.25) is 10.0 Å². The van der Waals surface area contributed by atoms with Gasteiger partial charge in [0.15, 0.2) is 0 Å². The normalized spacial score (nSPS) is 12.3. The molecular formula is C12H22N2O2S3. The van der Waals surface area contributed by atoms with Gasteiger partial charge in [0.1, 0.15) is 0 Å². The summed E-state index contributed by atoms with van der Waals surface area (Å²) in [6.45, 7) is 7.18. The predicted octanol–water partition coefficient (Wildman–Crippen LogP) is 2.20. The molecular weight excluding hydrogens is 300 g/mol. The first-order valence-electron chi connectivity index (χ1n) is 6.18. The van der Waals surface area contributed by atoms with Gasteiger partial charge in [-0.05, 0) is 19.2 Å². The lowest BCUT2D eigenvalue weighted by Gasteiger charge is -2.05. The van der Waals surface area contributed by atoms with Crippen LogP contribution < -0.4 is 10.0 Å². The van der Waals surface area contributed by atoms with Crippen LogP contribution >= 0.6 is 23.1 Å². The minimum atomic E-state index is -3.36. The Kier molecular flexibility index (Phi) is 6.82. The second-order valence-corrected chi connectivity index (χ2v) is 8.62. The van der Waals surface area contributed by atoms with E-state index in [1.54, 1.807) is 17.8 Å². The summed E-state index contributed by atoms with van der Waals surface area (Å²) in [6.07, 6.45) is 1.96. The van der Waals surface area contributed by atoms with E-state index in [9.17, 15) is 8.42 Å². The largest absolute Gasteiger partial charge is 0.310 e. The molecule has 0 radical (unpaired) electrons. The van der Waals surface area contributed by atoms with Crippen LogP contribution in [0, 0.1) is 6.92 Å². The van der Waals surface area contributed by atoms with Gasteiger partial charge in [-0.1, -0.05) is 13.8 Å². The molecule has 19 heavy (non-hydrogen) atoms. The van der Waals surface area contributed by atoms with Crippen molar-refractivity contribution in [2.24, 2.45) is 0 Å². The Morgan fingerprint density at radius 3 is 2.68 bits per heavy atom. The van der Waals surface area contributed by atoms with Crippen molar-refractivity contribution < 1.29 is 8.42 Å². The lowest BCUT2D eigenvalue weighted by molar-refractivity contribution is 0.583. The zero-order valence-electron chi connectivity index (χ0n) is 11.8. The van der Waals surface area contributed by atoms with Crippen LogP contribution in [0.2, 0.25) is 0 Å². The maximum Gasteiger partial charge on any atom is 0.241 e. The van der Waals surface area contributed by atoms with E-state index in [2.05, 4.69) is 23.9 Å². The van der Waals surface area contributed by atoms with Gasteiger partial charge in [-0.2, -0.15) is 11.8 Å². The fourth-order valence-corrected chi connectivity index (χ4v) is 4.59. The number of sulfonamides is 1. The quantitative estimate of drug-likeness (QED) is 0.720. The van der Waals surface area contributed by atoms with Crippen molar-refractivity contribution in [3.05, 3.63) is 15.8 Å². The van der Waals surface area contributed by atoms with Crippen LogP contribution in [0.3, 0.4) is 0 Å². The van der Waals surface area contributed by atoms with Crippen LogP contribution in [-0.2, 0) is 16.6 Å². The summed E-state index contributed by atoms with van der Waals surface area (Å²) in [6, 6.07) is 2.17. The van der Waals surface area contributed by atoms with Gasteiger partial charge in [0.25, 0.3) is 0 Å². The van der Waals surface area contributed by atoms with E-state index in [1.165, 1.54) is 11.3 Å². The first kappa shape index (κ1) is 17.0. The average Bonchev–Trinajstić information content (AvgIpc) is 2.69. The van der Waals surface area contributed by atoms with Crippen molar-refractivity contribution in [2.45, 2.75) is 38.3 Å². The molecule has 1 aromatic rings. The van der Waals surface area contributed by atoms with E-state index in [-0.39, 0.29) is 0 Å². The minimum absolute atomic E-state index is 0.391. The van der Waals surface area contributed by atoms with Crippen LogP contribution in [0.4, 0.5) is 0 Å². The number of thiophene rings is 1. The lowest BCUT2D eigenvalue weighted by Crippen LogP contribution is -2.26. The predicted molar refractivity (Wildman–Crippen MR) is 84.6 cm³/mol. The molecule has 0 saturated heterocycles. The van der Waals surface area contributed by atoms with Crippen molar-refractivity contribution in [2.75, 3.05) is 18.6 Å². The van der Waals surface area contributed by atoms with Crippen LogP contribution in [-0.4, -0.2) is 33.0 Å². The number of hydrogen-bond donors (Lipinski definition) is 2. The maximum absolute atomic E-state index is 12.1. The first-order chi connectivity index (χ1) is 8.86. The summed E-state index contributed by atoms with van der Waals surface area (Å²) in [5.74, 6) is 0.782. The highest BCUT2D eigenvalue weighted by Gasteiger charge is 2.19. The molecule has 0 aliphatic heterocycles. The number of aryl methyl sites for hydroxylation is 1. The Balaban J connectivity index is 2.77. The molecule has 1 heterocycles. The molecule has 0 unspecified atom stereocenters. The second-order valence-electron chi connectivity index (χ2n) is 4.56. The zero-order chi connectivity index (χ0) is 14.5. The molecule has 110 valence electrons. The molecule has 2 N–H and O–H groups in total. The van der Waals surface area contributed by atoms with Crippen molar-refractivity contribution in [1.82, 2.24) is 10.0 Å². The van der Waals surface area contributed by atoms with Gasteiger partial charge in [0.05, 0.1) is 4.90 Å². The lowest BCUT2D eigenvalue weighted by atomic mass is 10.3. The molecule has 1 aromatic heterocycles. The number of rotatable bonds is 8. The van der Waals surface area contributed by atoms with E-state index < -0.39 is 10.0 Å².